The summed E-state index contributed by atoms with van der Waals surface area (Å²) in [4.78, 5) is 16.4. The normalized spacial score (nSPS) is 23.3. The summed E-state index contributed by atoms with van der Waals surface area (Å²) in [5.74, 6) is 1.51. The molecule has 0 spiro atoms. The molecule has 3 N–H and O–H groups in total. The molecule has 1 aromatic carbocycles. The number of thiazole rings is 1. The summed E-state index contributed by atoms with van der Waals surface area (Å²) in [5, 5.41) is 21.6. The number of rotatable bonds is 13. The highest BCUT2D eigenvalue weighted by Gasteiger charge is 2.42. The van der Waals surface area contributed by atoms with Gasteiger partial charge in [0.25, 0.3) is 5.88 Å². The molecule has 3 fully saturated rings. The Morgan fingerprint density at radius 2 is 1.79 bits per heavy atom. The van der Waals surface area contributed by atoms with Crippen molar-refractivity contribution < 1.29 is 14.2 Å². The Morgan fingerprint density at radius 3 is 2.51 bits per heavy atom. The number of hydrogen-bond donors (Lipinski definition) is 3. The summed E-state index contributed by atoms with van der Waals surface area (Å²) in [5.41, 5.74) is 2.42. The molecule has 3 aromatic heterocycles. The number of ether oxygens (including phenoxy) is 3. The van der Waals surface area contributed by atoms with Gasteiger partial charge in [0.1, 0.15) is 29.2 Å². The lowest BCUT2D eigenvalue weighted by Gasteiger charge is -2.43. The molecular formula is C33H40ClN9O3S. The molecule has 12 nitrogen and oxygen atoms in total. The first-order valence-electron chi connectivity index (χ1n) is 16.3. The Labute approximate surface area is 283 Å². The molecule has 248 valence electrons. The number of anilines is 2. The fourth-order valence-corrected chi connectivity index (χ4v) is 7.69. The van der Waals surface area contributed by atoms with Crippen LogP contribution in [0.3, 0.4) is 0 Å². The second-order valence-electron chi connectivity index (χ2n) is 12.4. The van der Waals surface area contributed by atoms with Crippen molar-refractivity contribution >= 4 is 40.9 Å². The molecule has 14 heteroatoms. The number of benzene rings is 1. The van der Waals surface area contributed by atoms with Gasteiger partial charge in [-0.05, 0) is 63.1 Å². The largest absolute Gasteiger partial charge is 0.487 e. The van der Waals surface area contributed by atoms with Gasteiger partial charge < -0.3 is 24.8 Å². The minimum Gasteiger partial charge on any atom is -0.487 e. The molecule has 5 heterocycles. The van der Waals surface area contributed by atoms with Gasteiger partial charge in [0.05, 0.1) is 43.4 Å². The molecule has 2 aliphatic heterocycles. The Kier molecular flexibility index (Phi) is 9.84. The van der Waals surface area contributed by atoms with Gasteiger partial charge in [-0.15, -0.1) is 16.4 Å². The van der Waals surface area contributed by atoms with Gasteiger partial charge in [0.2, 0.25) is 5.95 Å². The number of nitrogens with one attached hydrogen (secondary N) is 3. The number of morpholine rings is 1. The van der Waals surface area contributed by atoms with Crippen molar-refractivity contribution in [2.24, 2.45) is 0 Å². The second kappa shape index (κ2) is 14.5. The van der Waals surface area contributed by atoms with Gasteiger partial charge in [-0.2, -0.15) is 0 Å². The van der Waals surface area contributed by atoms with Crippen molar-refractivity contribution in [3.05, 3.63) is 58.4 Å². The number of nitrogens with zero attached hydrogens (tertiary/aromatic N) is 6. The number of fused-ring (bicyclic) bond motifs is 2. The van der Waals surface area contributed by atoms with Gasteiger partial charge >= 0.3 is 0 Å². The number of halogens is 1. The maximum absolute atomic E-state index is 7.16. The molecule has 1 saturated carbocycles. The first-order chi connectivity index (χ1) is 23.0. The molecule has 2 saturated heterocycles. The molecule has 3 atom stereocenters. The van der Waals surface area contributed by atoms with Crippen LogP contribution in [0, 0.1) is 5.41 Å². The highest BCUT2D eigenvalue weighted by molar-refractivity contribution is 7.09. The zero-order chi connectivity index (χ0) is 32.2. The lowest BCUT2D eigenvalue weighted by molar-refractivity contribution is -0.0458. The van der Waals surface area contributed by atoms with E-state index in [4.69, 9.17) is 36.3 Å². The molecule has 47 heavy (non-hydrogen) atoms. The number of aromatic nitrogens is 5. The van der Waals surface area contributed by atoms with Crippen LogP contribution in [0.25, 0.3) is 11.1 Å². The average Bonchev–Trinajstić information content (AvgIpc) is 3.82. The van der Waals surface area contributed by atoms with Gasteiger partial charge in [-0.25, -0.2) is 15.0 Å². The Balaban J connectivity index is 1.04. The van der Waals surface area contributed by atoms with E-state index >= 15 is 0 Å². The fourth-order valence-electron chi connectivity index (χ4n) is 7.00. The standard InChI is InChI=1S/C33H40ClN9O3S/c1-21(13-36-20-35)46-30-12-22(2-9-28(30)34)23-14-38-33(39-15-23)40-29-16-42(41-32(29)45-19-31-37-10-11-47-31)24-3-5-25(6-4-24)43-26-7-8-27(43)18-44-17-26/h2,9-12,14-16,20-21,24-27H,3-8,13,17-19H2,1H3,(H2,35,36)(H,38,39,40)/t21-,24-,25-,26-,27+/m0/s1. The maximum atomic E-state index is 7.16. The summed E-state index contributed by atoms with van der Waals surface area (Å²) in [6, 6.07) is 7.70. The molecule has 4 aromatic rings. The van der Waals surface area contributed by atoms with Gasteiger partial charge in [0, 0.05) is 47.7 Å². The molecule has 0 radical (unpaired) electrons. The highest BCUT2D eigenvalue weighted by Crippen LogP contribution is 2.40. The first-order valence-corrected chi connectivity index (χ1v) is 17.5. The minimum atomic E-state index is -0.171. The Morgan fingerprint density at radius 1 is 1.04 bits per heavy atom. The third-order valence-electron chi connectivity index (χ3n) is 9.27. The van der Waals surface area contributed by atoms with E-state index in [-0.39, 0.29) is 6.10 Å². The van der Waals surface area contributed by atoms with Gasteiger partial charge in [-0.1, -0.05) is 17.7 Å². The Hall–Kier alpha value is -3.78. The van der Waals surface area contributed by atoms with E-state index in [0.717, 1.165) is 67.1 Å². The van der Waals surface area contributed by atoms with Crippen LogP contribution in [-0.4, -0.2) is 80.0 Å². The maximum Gasteiger partial charge on any atom is 0.257 e. The molecule has 2 bridgehead atoms. The summed E-state index contributed by atoms with van der Waals surface area (Å²) in [6.45, 7) is 4.52. The van der Waals surface area contributed by atoms with Crippen LogP contribution < -0.4 is 20.1 Å². The van der Waals surface area contributed by atoms with E-state index < -0.39 is 0 Å². The third-order valence-corrected chi connectivity index (χ3v) is 10.3. The zero-order valence-corrected chi connectivity index (χ0v) is 27.9. The van der Waals surface area contributed by atoms with E-state index in [1.54, 1.807) is 36.0 Å². The summed E-state index contributed by atoms with van der Waals surface area (Å²) >= 11 is 7.96. The van der Waals surface area contributed by atoms with Crippen LogP contribution in [0.5, 0.6) is 11.6 Å². The second-order valence-corrected chi connectivity index (χ2v) is 13.8. The highest BCUT2D eigenvalue weighted by atomic mass is 35.5. The van der Waals surface area contributed by atoms with Crippen molar-refractivity contribution in [1.29, 1.82) is 5.41 Å². The minimum absolute atomic E-state index is 0.171. The van der Waals surface area contributed by atoms with Crippen LogP contribution in [0.4, 0.5) is 11.6 Å². The van der Waals surface area contributed by atoms with Crippen molar-refractivity contribution in [1.82, 2.24) is 34.9 Å². The number of hydrogen-bond acceptors (Lipinski definition) is 11. The predicted octanol–water partition coefficient (Wildman–Crippen LogP) is 6.08. The summed E-state index contributed by atoms with van der Waals surface area (Å²) < 4.78 is 20.1. The van der Waals surface area contributed by atoms with E-state index in [1.165, 1.54) is 12.8 Å². The van der Waals surface area contributed by atoms with Gasteiger partial charge in [-0.3, -0.25) is 15.0 Å². The fraction of sp³-hybridized carbons (Fsp3) is 0.485. The first kappa shape index (κ1) is 31.8. The van der Waals surface area contributed by atoms with Crippen LogP contribution in [0.1, 0.15) is 56.5 Å². The van der Waals surface area contributed by atoms with Crippen molar-refractivity contribution in [3.8, 4) is 22.8 Å². The summed E-state index contributed by atoms with van der Waals surface area (Å²) in [6.07, 6.45) is 15.3. The van der Waals surface area contributed by atoms with Crippen LogP contribution in [-0.2, 0) is 11.3 Å². The van der Waals surface area contributed by atoms with E-state index in [1.807, 2.05) is 30.6 Å². The zero-order valence-electron chi connectivity index (χ0n) is 26.3. The third kappa shape index (κ3) is 7.38. The van der Waals surface area contributed by atoms with Crippen LogP contribution in [0.2, 0.25) is 5.02 Å². The topological polar surface area (TPSA) is 135 Å². The summed E-state index contributed by atoms with van der Waals surface area (Å²) in [7, 11) is 0. The quantitative estimate of drug-likeness (QED) is 0.113. The van der Waals surface area contributed by atoms with Gasteiger partial charge in [0.15, 0.2) is 0 Å². The molecule has 1 aliphatic carbocycles. The van der Waals surface area contributed by atoms with Crippen molar-refractivity contribution in [2.75, 3.05) is 25.1 Å². The predicted molar refractivity (Wildman–Crippen MR) is 182 cm³/mol. The van der Waals surface area contributed by atoms with Crippen LogP contribution >= 0.6 is 22.9 Å². The van der Waals surface area contributed by atoms with Crippen molar-refractivity contribution in [2.45, 2.75) is 82.3 Å². The average molecular weight is 678 g/mol. The Bertz CT molecular complexity index is 1610. The van der Waals surface area contributed by atoms with E-state index in [0.29, 0.717) is 59.9 Å². The SMILES string of the molecule is C[C@@H](CNC=N)Oc1cc(-c2cnc(Nc3cn([C@H]4CC[C@H](N5[C@@H]6CC[C@H]5COC6)CC4)nc3OCc3nccs3)nc2)ccc1Cl. The lowest BCUT2D eigenvalue weighted by atomic mass is 9.89. The lowest BCUT2D eigenvalue weighted by Crippen LogP contribution is -2.52. The molecular weight excluding hydrogens is 638 g/mol. The molecule has 7 rings (SSSR count). The molecule has 0 amide bonds. The smallest absolute Gasteiger partial charge is 0.257 e. The van der Waals surface area contributed by atoms with Crippen LogP contribution in [0.15, 0.2) is 48.4 Å². The molecule has 3 aliphatic rings. The van der Waals surface area contributed by atoms with E-state index in [2.05, 4.69) is 35.2 Å². The monoisotopic (exact) mass is 677 g/mol. The molecule has 0 unspecified atom stereocenters. The van der Waals surface area contributed by atoms with E-state index in [9.17, 15) is 0 Å². The van der Waals surface area contributed by atoms with Crippen molar-refractivity contribution in [3.63, 3.8) is 0 Å².